The minimum Gasteiger partial charge on any atom is -0.494 e. The summed E-state index contributed by atoms with van der Waals surface area (Å²) in [4.78, 5) is 9.49. The normalized spacial score (nSPS) is 11.7. The molecule has 1 aromatic heterocycles. The summed E-state index contributed by atoms with van der Waals surface area (Å²) in [6.45, 7) is 2.89. The molecule has 0 fully saturated rings. The molecule has 3 aromatic carbocycles. The van der Waals surface area contributed by atoms with Crippen LogP contribution in [0, 0.1) is 0 Å². The standard InChI is InChI=1S/C27H26N4O/c1-2-3-19-32-24-16-13-21(14-17-24)20-28-31-27(29-23-10-5-4-6-11-23)26-18-15-22-9-7-8-12-25(22)30-26/h4-18,20H,2-3,19H2,1H3,(H,29,31)/b28-20+. The molecule has 0 unspecified atom stereocenters. The van der Waals surface area contributed by atoms with Crippen molar-refractivity contribution in [1.29, 1.82) is 0 Å². The summed E-state index contributed by atoms with van der Waals surface area (Å²) in [5, 5.41) is 5.50. The van der Waals surface area contributed by atoms with Crippen LogP contribution in [0.2, 0.25) is 0 Å². The van der Waals surface area contributed by atoms with Crippen LogP contribution >= 0.6 is 0 Å². The molecule has 0 atom stereocenters. The number of hydrazone groups is 1. The van der Waals surface area contributed by atoms with Crippen molar-refractivity contribution in [1.82, 2.24) is 10.4 Å². The Bertz CT molecular complexity index is 1200. The van der Waals surface area contributed by atoms with Crippen molar-refractivity contribution in [3.05, 3.63) is 102 Å². The van der Waals surface area contributed by atoms with Crippen LogP contribution in [0.4, 0.5) is 5.69 Å². The Balaban J connectivity index is 1.53. The lowest BCUT2D eigenvalue weighted by Crippen LogP contribution is -2.20. The number of para-hydroxylation sites is 2. The van der Waals surface area contributed by atoms with E-state index < -0.39 is 0 Å². The van der Waals surface area contributed by atoms with Crippen molar-refractivity contribution in [2.24, 2.45) is 10.1 Å². The van der Waals surface area contributed by atoms with Gasteiger partial charge in [-0.25, -0.2) is 9.98 Å². The first kappa shape index (κ1) is 21.2. The van der Waals surface area contributed by atoms with E-state index in [-0.39, 0.29) is 0 Å². The predicted octanol–water partition coefficient (Wildman–Crippen LogP) is 6.12. The number of hydrogen-bond donors (Lipinski definition) is 1. The van der Waals surface area contributed by atoms with Crippen molar-refractivity contribution < 1.29 is 4.74 Å². The van der Waals surface area contributed by atoms with Crippen LogP contribution in [-0.4, -0.2) is 23.6 Å². The molecule has 160 valence electrons. The third kappa shape index (κ3) is 5.79. The number of hydrogen-bond acceptors (Lipinski definition) is 4. The zero-order valence-corrected chi connectivity index (χ0v) is 18.1. The van der Waals surface area contributed by atoms with Gasteiger partial charge in [-0.15, -0.1) is 0 Å². The van der Waals surface area contributed by atoms with E-state index in [0.717, 1.165) is 53.0 Å². The number of fused-ring (bicyclic) bond motifs is 1. The molecule has 0 aliphatic rings. The highest BCUT2D eigenvalue weighted by Gasteiger charge is 2.06. The quantitative estimate of drug-likeness (QED) is 0.161. The number of nitrogens with one attached hydrogen (secondary N) is 1. The van der Waals surface area contributed by atoms with Gasteiger partial charge in [0, 0.05) is 5.39 Å². The van der Waals surface area contributed by atoms with Crippen molar-refractivity contribution in [2.45, 2.75) is 19.8 Å². The molecule has 0 amide bonds. The van der Waals surface area contributed by atoms with E-state index in [1.54, 1.807) is 6.21 Å². The molecule has 32 heavy (non-hydrogen) atoms. The second-order valence-corrected chi connectivity index (χ2v) is 7.33. The molecule has 4 aromatic rings. The number of aromatic nitrogens is 1. The van der Waals surface area contributed by atoms with E-state index in [0.29, 0.717) is 5.84 Å². The Morgan fingerprint density at radius 3 is 2.50 bits per heavy atom. The lowest BCUT2D eigenvalue weighted by molar-refractivity contribution is 0.309. The van der Waals surface area contributed by atoms with Crippen LogP contribution in [0.1, 0.15) is 31.0 Å². The smallest absolute Gasteiger partial charge is 0.173 e. The van der Waals surface area contributed by atoms with Gasteiger partial charge in [-0.1, -0.05) is 55.8 Å². The number of benzene rings is 3. The molecule has 0 aliphatic carbocycles. The molecular weight excluding hydrogens is 396 g/mol. The molecule has 1 heterocycles. The molecule has 0 saturated heterocycles. The fourth-order valence-corrected chi connectivity index (χ4v) is 3.12. The molecular formula is C27H26N4O. The van der Waals surface area contributed by atoms with Gasteiger partial charge < -0.3 is 4.74 Å². The van der Waals surface area contributed by atoms with Crippen LogP contribution in [0.25, 0.3) is 10.9 Å². The molecule has 4 rings (SSSR count). The maximum Gasteiger partial charge on any atom is 0.173 e. The second-order valence-electron chi connectivity index (χ2n) is 7.33. The molecule has 1 N–H and O–H groups in total. The van der Waals surface area contributed by atoms with E-state index in [1.807, 2.05) is 91.0 Å². The summed E-state index contributed by atoms with van der Waals surface area (Å²) >= 11 is 0. The highest BCUT2D eigenvalue weighted by molar-refractivity contribution is 6.00. The number of aliphatic imine (C=N–C) groups is 1. The van der Waals surface area contributed by atoms with E-state index in [2.05, 4.69) is 17.5 Å². The summed E-state index contributed by atoms with van der Waals surface area (Å²) in [7, 11) is 0. The average Bonchev–Trinajstić information content (AvgIpc) is 2.85. The summed E-state index contributed by atoms with van der Waals surface area (Å²) < 4.78 is 5.72. The zero-order valence-electron chi connectivity index (χ0n) is 18.1. The fraction of sp³-hybridized carbons (Fsp3) is 0.148. The number of nitrogens with zero attached hydrogens (tertiary/aromatic N) is 3. The van der Waals surface area contributed by atoms with Crippen LogP contribution in [0.15, 0.2) is 101 Å². The molecule has 5 nitrogen and oxygen atoms in total. The molecule has 0 radical (unpaired) electrons. The minimum absolute atomic E-state index is 0.581. The second kappa shape index (κ2) is 10.9. The number of rotatable bonds is 8. The third-order valence-corrected chi connectivity index (χ3v) is 4.87. The van der Waals surface area contributed by atoms with Crippen molar-refractivity contribution in [2.75, 3.05) is 6.61 Å². The summed E-state index contributed by atoms with van der Waals surface area (Å²) in [5.41, 5.74) is 6.51. The van der Waals surface area contributed by atoms with Crippen LogP contribution in [0.3, 0.4) is 0 Å². The molecule has 0 saturated carbocycles. The lowest BCUT2D eigenvalue weighted by atomic mass is 10.2. The van der Waals surface area contributed by atoms with Gasteiger partial charge in [0.25, 0.3) is 0 Å². The van der Waals surface area contributed by atoms with E-state index in [4.69, 9.17) is 14.7 Å². The summed E-state index contributed by atoms with van der Waals surface area (Å²) in [5.74, 6) is 1.45. The Morgan fingerprint density at radius 2 is 1.69 bits per heavy atom. The Hall–Kier alpha value is -3.99. The van der Waals surface area contributed by atoms with Gasteiger partial charge in [0.05, 0.1) is 24.0 Å². The first-order valence-electron chi connectivity index (χ1n) is 10.8. The molecule has 0 bridgehead atoms. The number of unbranched alkanes of at least 4 members (excludes halogenated alkanes) is 1. The monoisotopic (exact) mass is 422 g/mol. The predicted molar refractivity (Wildman–Crippen MR) is 132 cm³/mol. The van der Waals surface area contributed by atoms with Crippen molar-refractivity contribution in [3.8, 4) is 5.75 Å². The minimum atomic E-state index is 0.581. The maximum atomic E-state index is 5.72. The third-order valence-electron chi connectivity index (χ3n) is 4.87. The highest BCUT2D eigenvalue weighted by Crippen LogP contribution is 2.16. The van der Waals surface area contributed by atoms with Gasteiger partial charge in [0.1, 0.15) is 11.4 Å². The average molecular weight is 423 g/mol. The Kier molecular flexibility index (Phi) is 7.21. The summed E-state index contributed by atoms with van der Waals surface area (Å²) in [6.07, 6.45) is 3.94. The van der Waals surface area contributed by atoms with Crippen molar-refractivity contribution in [3.63, 3.8) is 0 Å². The topological polar surface area (TPSA) is 58.9 Å². The van der Waals surface area contributed by atoms with E-state index in [1.165, 1.54) is 0 Å². The van der Waals surface area contributed by atoms with Crippen LogP contribution in [-0.2, 0) is 0 Å². The van der Waals surface area contributed by atoms with Gasteiger partial charge in [0.15, 0.2) is 5.84 Å². The van der Waals surface area contributed by atoms with Gasteiger partial charge in [-0.3, -0.25) is 5.43 Å². The Labute approximate surface area is 188 Å². The first-order valence-corrected chi connectivity index (χ1v) is 10.8. The molecule has 0 aliphatic heterocycles. The fourth-order valence-electron chi connectivity index (χ4n) is 3.12. The maximum absolute atomic E-state index is 5.72. The van der Waals surface area contributed by atoms with Gasteiger partial charge in [0.2, 0.25) is 0 Å². The molecule has 5 heteroatoms. The van der Waals surface area contributed by atoms with Crippen molar-refractivity contribution >= 4 is 28.6 Å². The summed E-state index contributed by atoms with van der Waals surface area (Å²) in [6, 6.07) is 29.7. The molecule has 0 spiro atoms. The highest BCUT2D eigenvalue weighted by atomic mass is 16.5. The number of amidine groups is 1. The first-order chi connectivity index (χ1) is 15.8. The van der Waals surface area contributed by atoms with Gasteiger partial charge >= 0.3 is 0 Å². The number of pyridine rings is 1. The number of ether oxygens (including phenoxy) is 1. The van der Waals surface area contributed by atoms with E-state index >= 15 is 0 Å². The van der Waals surface area contributed by atoms with Crippen LogP contribution in [0.5, 0.6) is 5.75 Å². The van der Waals surface area contributed by atoms with Crippen LogP contribution < -0.4 is 10.2 Å². The zero-order chi connectivity index (χ0) is 22.0. The van der Waals surface area contributed by atoms with E-state index in [9.17, 15) is 0 Å². The Morgan fingerprint density at radius 1 is 0.906 bits per heavy atom. The van der Waals surface area contributed by atoms with Gasteiger partial charge in [-0.2, -0.15) is 5.10 Å². The largest absolute Gasteiger partial charge is 0.494 e. The SMILES string of the molecule is CCCCOc1ccc(/C=N/NC(=Nc2ccccc2)c2ccc3ccccc3n2)cc1. The van der Waals surface area contributed by atoms with Gasteiger partial charge in [-0.05, 0) is 60.5 Å². The lowest BCUT2D eigenvalue weighted by Gasteiger charge is -2.07.